The largest absolute Gasteiger partial charge is 0.497 e. The summed E-state index contributed by atoms with van der Waals surface area (Å²) in [7, 11) is 4.76. The van der Waals surface area contributed by atoms with Gasteiger partial charge in [0.15, 0.2) is 0 Å². The van der Waals surface area contributed by atoms with Crippen molar-refractivity contribution < 1.29 is 23.8 Å². The van der Waals surface area contributed by atoms with Crippen molar-refractivity contribution in [1.82, 2.24) is 14.4 Å². The average Bonchev–Trinajstić information content (AvgIpc) is 3.39. The Labute approximate surface area is 205 Å². The van der Waals surface area contributed by atoms with Gasteiger partial charge in [-0.05, 0) is 36.4 Å². The molecule has 1 aliphatic heterocycles. The molecule has 0 fully saturated rings. The molecule has 8 nitrogen and oxygen atoms in total. The average molecular weight is 478 g/mol. The maximum Gasteiger partial charge on any atom is 0.254 e. The number of para-hydroxylation sites is 1. The third kappa shape index (κ3) is 5.17. The first kappa shape index (κ1) is 24.3. The summed E-state index contributed by atoms with van der Waals surface area (Å²) in [5.74, 6) is 0.916. The number of fused-ring (bicyclic) bond motifs is 1. The van der Waals surface area contributed by atoms with Gasteiger partial charge in [-0.1, -0.05) is 24.3 Å². The predicted octanol–water partition coefficient (Wildman–Crippen LogP) is 3.23. The normalized spacial score (nSPS) is 14.8. The van der Waals surface area contributed by atoms with Gasteiger partial charge >= 0.3 is 0 Å². The highest BCUT2D eigenvalue weighted by atomic mass is 16.5. The van der Waals surface area contributed by atoms with Crippen LogP contribution in [0.15, 0.2) is 66.9 Å². The van der Waals surface area contributed by atoms with E-state index in [4.69, 9.17) is 14.2 Å². The van der Waals surface area contributed by atoms with E-state index in [1.54, 1.807) is 45.6 Å². The monoisotopic (exact) mass is 477 g/mol. The van der Waals surface area contributed by atoms with E-state index in [1.807, 2.05) is 47.5 Å². The highest BCUT2D eigenvalue weighted by Crippen LogP contribution is 2.37. The highest BCUT2D eigenvalue weighted by molar-refractivity contribution is 5.97. The third-order valence-corrected chi connectivity index (χ3v) is 6.29. The molecule has 0 bridgehead atoms. The lowest BCUT2D eigenvalue weighted by Crippen LogP contribution is -2.48. The molecule has 0 saturated carbocycles. The molecule has 1 aromatic heterocycles. The van der Waals surface area contributed by atoms with Crippen molar-refractivity contribution in [2.24, 2.45) is 0 Å². The summed E-state index contributed by atoms with van der Waals surface area (Å²) in [6.07, 6.45) is 2.02. The molecule has 2 amide bonds. The summed E-state index contributed by atoms with van der Waals surface area (Å²) in [5, 5.41) is 0. The van der Waals surface area contributed by atoms with Crippen molar-refractivity contribution in [3.05, 3.63) is 83.7 Å². The summed E-state index contributed by atoms with van der Waals surface area (Å²) in [5.41, 5.74) is 2.38. The zero-order valence-electron chi connectivity index (χ0n) is 20.3. The third-order valence-electron chi connectivity index (χ3n) is 6.29. The predicted molar refractivity (Wildman–Crippen MR) is 132 cm³/mol. The summed E-state index contributed by atoms with van der Waals surface area (Å²) in [6.45, 7) is 1.76. The molecule has 4 rings (SSSR count). The van der Waals surface area contributed by atoms with E-state index in [-0.39, 0.29) is 24.4 Å². The highest BCUT2D eigenvalue weighted by Gasteiger charge is 2.35. The minimum absolute atomic E-state index is 0.0637. The number of hydrogen-bond donors (Lipinski definition) is 0. The molecular formula is C27H31N3O5. The van der Waals surface area contributed by atoms with Gasteiger partial charge in [0.2, 0.25) is 5.91 Å². The zero-order valence-corrected chi connectivity index (χ0v) is 20.3. The number of aromatic nitrogens is 1. The van der Waals surface area contributed by atoms with Crippen LogP contribution in [0.2, 0.25) is 0 Å². The van der Waals surface area contributed by atoms with Crippen molar-refractivity contribution in [2.75, 3.05) is 47.6 Å². The van der Waals surface area contributed by atoms with Crippen LogP contribution in [-0.4, -0.2) is 73.8 Å². The Bertz CT molecular complexity index is 1170. The number of amides is 2. The van der Waals surface area contributed by atoms with Crippen LogP contribution in [0.1, 0.15) is 27.7 Å². The van der Waals surface area contributed by atoms with Gasteiger partial charge in [-0.3, -0.25) is 9.59 Å². The summed E-state index contributed by atoms with van der Waals surface area (Å²) < 4.78 is 18.3. The number of carbonyl (C=O) groups excluding carboxylic acids is 2. The van der Waals surface area contributed by atoms with E-state index in [1.165, 1.54) is 4.90 Å². The lowest BCUT2D eigenvalue weighted by molar-refractivity contribution is -0.134. The standard InChI is InChI=1S/C27H31N3O5/c1-33-17-16-29(27(32)20-8-6-9-21(18-20)34-2)19-25(31)30-15-14-28-13-7-11-23(28)26(30)22-10-4-5-12-24(22)35-3/h4-13,18,26H,14-17,19H2,1-3H3. The fourth-order valence-corrected chi connectivity index (χ4v) is 4.52. The molecule has 0 spiro atoms. The molecule has 1 atom stereocenters. The van der Waals surface area contributed by atoms with Crippen LogP contribution in [-0.2, 0) is 16.1 Å². The second-order valence-electron chi connectivity index (χ2n) is 8.31. The minimum Gasteiger partial charge on any atom is -0.497 e. The van der Waals surface area contributed by atoms with Gasteiger partial charge in [-0.25, -0.2) is 0 Å². The van der Waals surface area contributed by atoms with Crippen molar-refractivity contribution >= 4 is 11.8 Å². The van der Waals surface area contributed by atoms with Crippen LogP contribution in [0.4, 0.5) is 0 Å². The first-order valence-electron chi connectivity index (χ1n) is 11.6. The summed E-state index contributed by atoms with van der Waals surface area (Å²) in [4.78, 5) is 30.5. The van der Waals surface area contributed by atoms with E-state index in [0.717, 1.165) is 11.3 Å². The Hall–Kier alpha value is -3.78. The maximum absolute atomic E-state index is 13.8. The Morgan fingerprint density at radius 3 is 2.57 bits per heavy atom. The number of ether oxygens (including phenoxy) is 3. The number of hydrogen-bond acceptors (Lipinski definition) is 5. The van der Waals surface area contributed by atoms with E-state index in [0.29, 0.717) is 43.3 Å². The molecule has 35 heavy (non-hydrogen) atoms. The SMILES string of the molecule is COCCN(CC(=O)N1CCn2cccc2C1c1ccccc1OC)C(=O)c1cccc(OC)c1. The quantitative estimate of drug-likeness (QED) is 0.473. The molecule has 1 unspecified atom stereocenters. The number of nitrogens with zero attached hydrogens (tertiary/aromatic N) is 3. The smallest absolute Gasteiger partial charge is 0.254 e. The van der Waals surface area contributed by atoms with Gasteiger partial charge in [0.25, 0.3) is 5.91 Å². The first-order chi connectivity index (χ1) is 17.1. The van der Waals surface area contributed by atoms with Gasteiger partial charge in [-0.15, -0.1) is 0 Å². The molecule has 0 saturated heterocycles. The van der Waals surface area contributed by atoms with Gasteiger partial charge in [0, 0.05) is 49.8 Å². The number of carbonyl (C=O) groups is 2. The van der Waals surface area contributed by atoms with Crippen LogP contribution < -0.4 is 9.47 Å². The second kappa shape index (κ2) is 11.1. The Balaban J connectivity index is 1.64. The minimum atomic E-state index is -0.321. The van der Waals surface area contributed by atoms with E-state index >= 15 is 0 Å². The van der Waals surface area contributed by atoms with E-state index in [2.05, 4.69) is 4.57 Å². The van der Waals surface area contributed by atoms with Crippen LogP contribution in [0.3, 0.4) is 0 Å². The fraction of sp³-hybridized carbons (Fsp3) is 0.333. The summed E-state index contributed by atoms with van der Waals surface area (Å²) in [6, 6.07) is 18.4. The second-order valence-corrected chi connectivity index (χ2v) is 8.31. The van der Waals surface area contributed by atoms with Gasteiger partial charge in [-0.2, -0.15) is 0 Å². The Morgan fingerprint density at radius 1 is 0.971 bits per heavy atom. The molecule has 0 radical (unpaired) electrons. The Kier molecular flexibility index (Phi) is 7.72. The van der Waals surface area contributed by atoms with E-state index < -0.39 is 0 Å². The number of benzene rings is 2. The molecule has 0 aliphatic carbocycles. The molecule has 0 N–H and O–H groups in total. The molecule has 184 valence electrons. The van der Waals surface area contributed by atoms with Crippen molar-refractivity contribution in [1.29, 1.82) is 0 Å². The van der Waals surface area contributed by atoms with Crippen molar-refractivity contribution in [3.8, 4) is 11.5 Å². The lowest BCUT2D eigenvalue weighted by Gasteiger charge is -2.39. The number of methoxy groups -OCH3 is 3. The van der Waals surface area contributed by atoms with Gasteiger partial charge in [0.05, 0.1) is 20.8 Å². The first-order valence-corrected chi connectivity index (χ1v) is 11.6. The molecule has 8 heteroatoms. The van der Waals surface area contributed by atoms with E-state index in [9.17, 15) is 9.59 Å². The molecule has 3 aromatic rings. The van der Waals surface area contributed by atoms with Crippen LogP contribution in [0.25, 0.3) is 0 Å². The number of rotatable bonds is 9. The zero-order chi connectivity index (χ0) is 24.8. The Morgan fingerprint density at radius 2 is 1.80 bits per heavy atom. The van der Waals surface area contributed by atoms with Crippen molar-refractivity contribution in [2.45, 2.75) is 12.6 Å². The van der Waals surface area contributed by atoms with Gasteiger partial charge < -0.3 is 28.6 Å². The maximum atomic E-state index is 13.8. The van der Waals surface area contributed by atoms with Crippen molar-refractivity contribution in [3.63, 3.8) is 0 Å². The fourth-order valence-electron chi connectivity index (χ4n) is 4.52. The molecule has 1 aliphatic rings. The lowest BCUT2D eigenvalue weighted by atomic mass is 9.98. The molecular weight excluding hydrogens is 446 g/mol. The molecule has 2 heterocycles. The summed E-state index contributed by atoms with van der Waals surface area (Å²) >= 11 is 0. The van der Waals surface area contributed by atoms with Gasteiger partial charge in [0.1, 0.15) is 24.1 Å². The molecule has 2 aromatic carbocycles. The van der Waals surface area contributed by atoms with Crippen LogP contribution in [0, 0.1) is 0 Å². The van der Waals surface area contributed by atoms with Crippen LogP contribution in [0.5, 0.6) is 11.5 Å². The van der Waals surface area contributed by atoms with Crippen LogP contribution >= 0.6 is 0 Å². The topological polar surface area (TPSA) is 73.2 Å².